The average molecular weight is 548 g/mol. The summed E-state index contributed by atoms with van der Waals surface area (Å²) in [5, 5.41) is 0. The minimum Gasteiger partial charge on any atom is -0.329 e. The van der Waals surface area contributed by atoms with Crippen LogP contribution in [0.5, 0.6) is 0 Å². The van der Waals surface area contributed by atoms with Crippen LogP contribution < -0.4 is 0 Å². The molecule has 0 radical (unpaired) electrons. The molecule has 0 aliphatic carbocycles. The summed E-state index contributed by atoms with van der Waals surface area (Å²) >= 11 is 0. The van der Waals surface area contributed by atoms with Gasteiger partial charge in [0, 0.05) is 43.4 Å². The first-order valence-electron chi connectivity index (χ1n) is 12.7. The van der Waals surface area contributed by atoms with Gasteiger partial charge in [-0.05, 0) is 11.6 Å². The van der Waals surface area contributed by atoms with Crippen LogP contribution in [0.4, 0.5) is 22.0 Å². The monoisotopic (exact) mass is 547 g/mol. The fourth-order valence-corrected chi connectivity index (χ4v) is 4.78. The number of imidazole rings is 1. The molecule has 0 saturated heterocycles. The molecule has 0 aliphatic rings. The second-order valence-electron chi connectivity index (χ2n) is 9.55. The second kappa shape index (κ2) is 11.4. The van der Waals surface area contributed by atoms with E-state index in [1.54, 1.807) is 0 Å². The van der Waals surface area contributed by atoms with Crippen LogP contribution in [0.3, 0.4) is 0 Å². The summed E-state index contributed by atoms with van der Waals surface area (Å²) < 4.78 is 70.9. The first-order chi connectivity index (χ1) is 19.2. The number of benzene rings is 4. The number of halogens is 5. The smallest absolute Gasteiger partial charge is 0.329 e. The zero-order chi connectivity index (χ0) is 28.3. The SMILES string of the molecule is Cn1c(-c2ccccc2)nc(-c2ccccc2)c1CN(Cc1ccccc1)Cc1ccc(C(F)(F)F)c(F)c1F. The van der Waals surface area contributed by atoms with Crippen LogP contribution >= 0.6 is 0 Å². The van der Waals surface area contributed by atoms with E-state index in [9.17, 15) is 22.0 Å². The van der Waals surface area contributed by atoms with Crippen molar-refractivity contribution in [3.05, 3.63) is 137 Å². The number of hydrogen-bond acceptors (Lipinski definition) is 2. The van der Waals surface area contributed by atoms with Gasteiger partial charge in [-0.1, -0.05) is 97.1 Å². The average Bonchev–Trinajstić information content (AvgIpc) is 3.27. The number of alkyl halides is 3. The van der Waals surface area contributed by atoms with Crippen molar-refractivity contribution in [3.8, 4) is 22.6 Å². The van der Waals surface area contributed by atoms with E-state index in [1.807, 2.05) is 108 Å². The van der Waals surface area contributed by atoms with Crippen LogP contribution in [0.1, 0.15) is 22.4 Å². The number of hydrogen-bond donors (Lipinski definition) is 0. The van der Waals surface area contributed by atoms with E-state index < -0.39 is 23.4 Å². The van der Waals surface area contributed by atoms with Crippen molar-refractivity contribution in [1.82, 2.24) is 14.5 Å². The maximum absolute atomic E-state index is 15.0. The third-order valence-corrected chi connectivity index (χ3v) is 6.78. The highest BCUT2D eigenvalue weighted by molar-refractivity contribution is 5.68. The maximum atomic E-state index is 15.0. The molecule has 0 N–H and O–H groups in total. The van der Waals surface area contributed by atoms with Crippen LogP contribution in [0.15, 0.2) is 103 Å². The van der Waals surface area contributed by atoms with Crippen molar-refractivity contribution >= 4 is 0 Å². The van der Waals surface area contributed by atoms with Gasteiger partial charge >= 0.3 is 6.18 Å². The Morgan fingerprint density at radius 3 is 1.85 bits per heavy atom. The molecule has 0 unspecified atom stereocenters. The Bertz CT molecular complexity index is 1580. The molecule has 40 heavy (non-hydrogen) atoms. The van der Waals surface area contributed by atoms with Crippen LogP contribution in [0.25, 0.3) is 22.6 Å². The minimum atomic E-state index is -4.99. The molecular formula is C32H26F5N3. The van der Waals surface area contributed by atoms with Gasteiger partial charge in [0.1, 0.15) is 5.82 Å². The van der Waals surface area contributed by atoms with Crippen molar-refractivity contribution < 1.29 is 22.0 Å². The lowest BCUT2D eigenvalue weighted by Crippen LogP contribution is -2.25. The number of rotatable bonds is 8. The molecule has 0 spiro atoms. The lowest BCUT2D eigenvalue weighted by atomic mass is 10.1. The molecule has 4 aromatic carbocycles. The lowest BCUT2D eigenvalue weighted by molar-refractivity contribution is -0.140. The summed E-state index contributed by atoms with van der Waals surface area (Å²) in [4.78, 5) is 6.84. The third kappa shape index (κ3) is 5.82. The maximum Gasteiger partial charge on any atom is 0.419 e. The van der Waals surface area contributed by atoms with Gasteiger partial charge in [0.25, 0.3) is 0 Å². The molecule has 5 rings (SSSR count). The summed E-state index contributed by atoms with van der Waals surface area (Å²) in [6.45, 7) is 0.510. The van der Waals surface area contributed by atoms with Gasteiger partial charge in [0.15, 0.2) is 11.6 Å². The first-order valence-corrected chi connectivity index (χ1v) is 12.7. The number of aromatic nitrogens is 2. The van der Waals surface area contributed by atoms with E-state index in [0.29, 0.717) is 12.6 Å². The van der Waals surface area contributed by atoms with E-state index in [1.165, 1.54) is 0 Å². The normalized spacial score (nSPS) is 11.8. The van der Waals surface area contributed by atoms with Crippen molar-refractivity contribution in [2.24, 2.45) is 7.05 Å². The molecule has 0 aliphatic heterocycles. The van der Waals surface area contributed by atoms with E-state index in [4.69, 9.17) is 4.98 Å². The highest BCUT2D eigenvalue weighted by Crippen LogP contribution is 2.34. The van der Waals surface area contributed by atoms with E-state index >= 15 is 0 Å². The van der Waals surface area contributed by atoms with Crippen LogP contribution in [-0.4, -0.2) is 14.5 Å². The standard InChI is InChI=1S/C32H26F5N3/c1-39-27(30(23-13-7-3-8-14-23)38-31(39)24-15-9-4-10-16-24)21-40(19-22-11-5-2-6-12-22)20-25-17-18-26(32(35,36)37)29(34)28(25)33/h2-18H,19-21H2,1H3. The molecule has 3 nitrogen and oxygen atoms in total. The summed E-state index contributed by atoms with van der Waals surface area (Å²) in [5.41, 5.74) is 2.51. The van der Waals surface area contributed by atoms with E-state index in [-0.39, 0.29) is 18.7 Å². The Kier molecular flexibility index (Phi) is 7.80. The van der Waals surface area contributed by atoms with E-state index in [2.05, 4.69) is 0 Å². The largest absolute Gasteiger partial charge is 0.419 e. The Morgan fingerprint density at radius 2 is 1.25 bits per heavy atom. The highest BCUT2D eigenvalue weighted by atomic mass is 19.4. The Morgan fingerprint density at radius 1 is 0.675 bits per heavy atom. The van der Waals surface area contributed by atoms with E-state index in [0.717, 1.165) is 40.0 Å². The molecule has 0 fully saturated rings. The summed E-state index contributed by atoms with van der Waals surface area (Å²) in [7, 11) is 1.90. The fraction of sp³-hybridized carbons (Fsp3) is 0.156. The Balaban J connectivity index is 1.57. The molecule has 8 heteroatoms. The predicted octanol–water partition coefficient (Wildman–Crippen LogP) is 8.25. The second-order valence-corrected chi connectivity index (χ2v) is 9.55. The quantitative estimate of drug-likeness (QED) is 0.182. The summed E-state index contributed by atoms with van der Waals surface area (Å²) in [5.74, 6) is -2.64. The highest BCUT2D eigenvalue weighted by Gasteiger charge is 2.36. The topological polar surface area (TPSA) is 21.1 Å². The molecule has 0 amide bonds. The van der Waals surface area contributed by atoms with Crippen LogP contribution in [0, 0.1) is 11.6 Å². The minimum absolute atomic E-state index is 0.115. The molecular weight excluding hydrogens is 521 g/mol. The van der Waals surface area contributed by atoms with Crippen LogP contribution in [0.2, 0.25) is 0 Å². The van der Waals surface area contributed by atoms with Gasteiger partial charge in [-0.15, -0.1) is 0 Å². The van der Waals surface area contributed by atoms with Gasteiger partial charge in [-0.3, -0.25) is 4.90 Å². The van der Waals surface area contributed by atoms with Crippen molar-refractivity contribution in [2.75, 3.05) is 0 Å². The van der Waals surface area contributed by atoms with Crippen LogP contribution in [-0.2, 0) is 32.9 Å². The fourth-order valence-electron chi connectivity index (χ4n) is 4.78. The Labute approximate surface area is 229 Å². The van der Waals surface area contributed by atoms with Crippen molar-refractivity contribution in [1.29, 1.82) is 0 Å². The van der Waals surface area contributed by atoms with Gasteiger partial charge in [0.05, 0.1) is 17.0 Å². The van der Waals surface area contributed by atoms with Crippen molar-refractivity contribution in [2.45, 2.75) is 25.8 Å². The molecule has 1 aromatic heterocycles. The van der Waals surface area contributed by atoms with Gasteiger partial charge < -0.3 is 4.57 Å². The molecule has 0 bridgehead atoms. The van der Waals surface area contributed by atoms with Gasteiger partial charge in [0.2, 0.25) is 0 Å². The summed E-state index contributed by atoms with van der Waals surface area (Å²) in [6, 6.07) is 30.4. The molecule has 1 heterocycles. The number of nitrogens with zero attached hydrogens (tertiary/aromatic N) is 3. The lowest BCUT2D eigenvalue weighted by Gasteiger charge is -2.24. The van der Waals surface area contributed by atoms with Gasteiger partial charge in [-0.25, -0.2) is 13.8 Å². The first kappa shape index (κ1) is 27.3. The molecule has 0 atom stereocenters. The molecule has 204 valence electrons. The van der Waals surface area contributed by atoms with Gasteiger partial charge in [-0.2, -0.15) is 13.2 Å². The Hall–Kier alpha value is -4.30. The van der Waals surface area contributed by atoms with Crippen molar-refractivity contribution in [3.63, 3.8) is 0 Å². The molecule has 5 aromatic rings. The summed E-state index contributed by atoms with van der Waals surface area (Å²) in [6.07, 6.45) is -4.99. The molecule has 0 saturated carbocycles. The zero-order valence-electron chi connectivity index (χ0n) is 21.7. The third-order valence-electron chi connectivity index (χ3n) is 6.78. The predicted molar refractivity (Wildman–Crippen MR) is 145 cm³/mol. The zero-order valence-corrected chi connectivity index (χ0v) is 21.7.